The van der Waals surface area contributed by atoms with E-state index >= 15 is 0 Å². The first-order chi connectivity index (χ1) is 6.49. The van der Waals surface area contributed by atoms with Gasteiger partial charge in [0.05, 0.1) is 0 Å². The fourth-order valence-corrected chi connectivity index (χ4v) is 2.52. The minimum atomic E-state index is 0.346. The van der Waals surface area contributed by atoms with Gasteiger partial charge < -0.3 is 0 Å². The summed E-state index contributed by atoms with van der Waals surface area (Å²) in [5.74, 6) is 1.43. The summed E-state index contributed by atoms with van der Waals surface area (Å²) in [7, 11) is 0. The minimum Gasteiger partial charge on any atom is -0.299 e. The number of ketones is 1. The van der Waals surface area contributed by atoms with Crippen molar-refractivity contribution in [2.24, 2.45) is 17.3 Å². The summed E-state index contributed by atoms with van der Waals surface area (Å²) >= 11 is 0. The van der Waals surface area contributed by atoms with Crippen molar-refractivity contribution in [1.29, 1.82) is 0 Å². The Kier molecular flexibility index (Phi) is 3.74. The molecule has 0 radical (unpaired) electrons. The quantitative estimate of drug-likeness (QED) is 0.670. The molecule has 1 aliphatic rings. The van der Waals surface area contributed by atoms with Crippen LogP contribution < -0.4 is 0 Å². The summed E-state index contributed by atoms with van der Waals surface area (Å²) in [5.41, 5.74) is 0.367. The van der Waals surface area contributed by atoms with Gasteiger partial charge in [0.15, 0.2) is 0 Å². The Morgan fingerprint density at radius 2 is 2.07 bits per heavy atom. The summed E-state index contributed by atoms with van der Waals surface area (Å²) in [6.45, 7) is 9.08. The molecule has 0 N–H and O–H groups in total. The first-order valence-electron chi connectivity index (χ1n) is 6.01. The maximum Gasteiger partial charge on any atom is 0.136 e. The van der Waals surface area contributed by atoms with Crippen LogP contribution in [0.4, 0.5) is 0 Å². The Bertz CT molecular complexity index is 205. The lowest BCUT2D eigenvalue weighted by atomic mass is 9.63. The van der Waals surface area contributed by atoms with Gasteiger partial charge in [-0.1, -0.05) is 40.5 Å². The third kappa shape index (κ3) is 2.37. The van der Waals surface area contributed by atoms with Gasteiger partial charge in [-0.3, -0.25) is 4.79 Å². The van der Waals surface area contributed by atoms with E-state index in [0.717, 1.165) is 19.3 Å². The third-order valence-corrected chi connectivity index (χ3v) is 4.13. The average molecular weight is 196 g/mol. The molecule has 0 saturated heterocycles. The van der Waals surface area contributed by atoms with Crippen LogP contribution in [-0.4, -0.2) is 5.78 Å². The number of hydrogen-bond acceptors (Lipinski definition) is 1. The van der Waals surface area contributed by atoms with Crippen molar-refractivity contribution in [1.82, 2.24) is 0 Å². The SMILES string of the molecule is CCCCC1C(=O)CCC(C)(C)C1C. The number of Topliss-reactive ketones (excluding diaryl/α,β-unsaturated/α-hetero) is 1. The highest BCUT2D eigenvalue weighted by atomic mass is 16.1. The highest BCUT2D eigenvalue weighted by Crippen LogP contribution is 2.43. The molecule has 2 atom stereocenters. The standard InChI is InChI=1S/C13H24O/c1-5-6-7-11-10(2)13(3,4)9-8-12(11)14/h10-11H,5-9H2,1-4H3. The van der Waals surface area contributed by atoms with E-state index < -0.39 is 0 Å². The maximum absolute atomic E-state index is 11.8. The van der Waals surface area contributed by atoms with Crippen molar-refractivity contribution in [3.8, 4) is 0 Å². The van der Waals surface area contributed by atoms with Gasteiger partial charge in [0.1, 0.15) is 5.78 Å². The monoisotopic (exact) mass is 196 g/mol. The fraction of sp³-hybridized carbons (Fsp3) is 0.923. The van der Waals surface area contributed by atoms with Gasteiger partial charge in [-0.25, -0.2) is 0 Å². The van der Waals surface area contributed by atoms with E-state index in [2.05, 4.69) is 27.7 Å². The lowest BCUT2D eigenvalue weighted by Crippen LogP contribution is -2.38. The zero-order valence-electron chi connectivity index (χ0n) is 10.1. The second-order valence-electron chi connectivity index (χ2n) is 5.49. The minimum absolute atomic E-state index is 0.346. The molecule has 0 aromatic rings. The molecule has 1 rings (SSSR count). The van der Waals surface area contributed by atoms with Crippen molar-refractivity contribution in [2.75, 3.05) is 0 Å². The van der Waals surface area contributed by atoms with Gasteiger partial charge in [0.25, 0.3) is 0 Å². The molecule has 0 aliphatic heterocycles. The van der Waals surface area contributed by atoms with Crippen LogP contribution in [0.2, 0.25) is 0 Å². The largest absolute Gasteiger partial charge is 0.299 e. The van der Waals surface area contributed by atoms with Gasteiger partial charge in [0.2, 0.25) is 0 Å². The van der Waals surface area contributed by atoms with E-state index in [4.69, 9.17) is 0 Å². The molecular formula is C13H24O. The number of unbranched alkanes of at least 4 members (excludes halogenated alkanes) is 1. The van der Waals surface area contributed by atoms with Gasteiger partial charge in [-0.15, -0.1) is 0 Å². The molecule has 1 saturated carbocycles. The summed E-state index contributed by atoms with van der Waals surface area (Å²) in [6, 6.07) is 0. The number of hydrogen-bond donors (Lipinski definition) is 0. The predicted molar refractivity (Wildman–Crippen MR) is 60.2 cm³/mol. The molecule has 0 aromatic heterocycles. The summed E-state index contributed by atoms with van der Waals surface area (Å²) in [6.07, 6.45) is 5.41. The van der Waals surface area contributed by atoms with Gasteiger partial charge in [-0.2, -0.15) is 0 Å². The second-order valence-corrected chi connectivity index (χ2v) is 5.49. The van der Waals surface area contributed by atoms with Crippen LogP contribution in [0.3, 0.4) is 0 Å². The molecule has 2 unspecified atom stereocenters. The Morgan fingerprint density at radius 1 is 1.43 bits per heavy atom. The number of rotatable bonds is 3. The second kappa shape index (κ2) is 4.46. The van der Waals surface area contributed by atoms with Crippen molar-refractivity contribution < 1.29 is 4.79 Å². The molecule has 14 heavy (non-hydrogen) atoms. The fourth-order valence-electron chi connectivity index (χ4n) is 2.52. The first-order valence-corrected chi connectivity index (χ1v) is 6.01. The van der Waals surface area contributed by atoms with Gasteiger partial charge in [-0.05, 0) is 24.2 Å². The Balaban J connectivity index is 2.64. The molecule has 1 heteroatoms. The summed E-state index contributed by atoms with van der Waals surface area (Å²) < 4.78 is 0. The molecular weight excluding hydrogens is 172 g/mol. The van der Waals surface area contributed by atoms with Crippen molar-refractivity contribution >= 4 is 5.78 Å². The molecule has 0 aromatic carbocycles. The molecule has 0 heterocycles. The van der Waals surface area contributed by atoms with Crippen molar-refractivity contribution in [3.63, 3.8) is 0 Å². The Morgan fingerprint density at radius 3 is 2.64 bits per heavy atom. The number of carbonyl (C=O) groups excluding carboxylic acids is 1. The van der Waals surface area contributed by atoms with Gasteiger partial charge in [0, 0.05) is 12.3 Å². The smallest absolute Gasteiger partial charge is 0.136 e. The zero-order chi connectivity index (χ0) is 10.8. The van der Waals surface area contributed by atoms with E-state index in [9.17, 15) is 4.79 Å². The van der Waals surface area contributed by atoms with E-state index in [1.165, 1.54) is 12.8 Å². The summed E-state index contributed by atoms with van der Waals surface area (Å²) in [5, 5.41) is 0. The summed E-state index contributed by atoms with van der Waals surface area (Å²) in [4.78, 5) is 11.8. The average Bonchev–Trinajstić information content (AvgIpc) is 2.13. The lowest BCUT2D eigenvalue weighted by Gasteiger charge is -2.41. The Labute approximate surface area is 88.3 Å². The third-order valence-electron chi connectivity index (χ3n) is 4.13. The highest BCUT2D eigenvalue weighted by molar-refractivity contribution is 5.82. The first kappa shape index (κ1) is 11.7. The molecule has 1 aliphatic carbocycles. The van der Waals surface area contributed by atoms with Gasteiger partial charge >= 0.3 is 0 Å². The molecule has 0 bridgehead atoms. The van der Waals surface area contributed by atoms with Crippen LogP contribution in [0.15, 0.2) is 0 Å². The van der Waals surface area contributed by atoms with Crippen LogP contribution in [0.1, 0.15) is 59.8 Å². The van der Waals surface area contributed by atoms with E-state index in [1.807, 2.05) is 0 Å². The van der Waals surface area contributed by atoms with E-state index in [0.29, 0.717) is 23.0 Å². The van der Waals surface area contributed by atoms with Crippen LogP contribution in [0, 0.1) is 17.3 Å². The van der Waals surface area contributed by atoms with Crippen LogP contribution in [0.5, 0.6) is 0 Å². The normalized spacial score (nSPS) is 31.9. The van der Waals surface area contributed by atoms with E-state index in [-0.39, 0.29) is 0 Å². The molecule has 0 spiro atoms. The van der Waals surface area contributed by atoms with Crippen LogP contribution in [0.25, 0.3) is 0 Å². The molecule has 1 nitrogen and oxygen atoms in total. The zero-order valence-corrected chi connectivity index (χ0v) is 10.1. The Hall–Kier alpha value is -0.330. The molecule has 0 amide bonds. The predicted octanol–water partition coefficient (Wildman–Crippen LogP) is 3.82. The molecule has 82 valence electrons. The number of carbonyl (C=O) groups is 1. The highest BCUT2D eigenvalue weighted by Gasteiger charge is 2.39. The topological polar surface area (TPSA) is 17.1 Å². The van der Waals surface area contributed by atoms with Crippen LogP contribution in [-0.2, 0) is 4.79 Å². The van der Waals surface area contributed by atoms with E-state index in [1.54, 1.807) is 0 Å². The lowest BCUT2D eigenvalue weighted by molar-refractivity contribution is -0.130. The van der Waals surface area contributed by atoms with Crippen molar-refractivity contribution in [2.45, 2.75) is 59.8 Å². The van der Waals surface area contributed by atoms with Crippen LogP contribution >= 0.6 is 0 Å². The van der Waals surface area contributed by atoms with Crippen molar-refractivity contribution in [3.05, 3.63) is 0 Å². The maximum atomic E-state index is 11.8. The molecule has 1 fully saturated rings.